The highest BCUT2D eigenvalue weighted by Crippen LogP contribution is 2.61. The third kappa shape index (κ3) is 4.73. The molecular weight excluding hydrogens is 771 g/mol. The SMILES string of the molecule is c1ccc2c(c1)-c1ccccc1C1(c3ccc(-c4nc(-c5ccc6c(c5)oc5ccccc56)nc(-c5cccc6oc7ccccc7c56)n4)cc3-2)c2ccccc2-c2ccccc21. The van der Waals surface area contributed by atoms with E-state index in [1.54, 1.807) is 0 Å². The fourth-order valence-corrected chi connectivity index (χ4v) is 10.8. The Bertz CT molecular complexity index is 3850. The summed E-state index contributed by atoms with van der Waals surface area (Å²) in [6, 6.07) is 71.2. The molecule has 1 spiro atoms. The molecule has 2 aliphatic rings. The third-order valence-corrected chi connectivity index (χ3v) is 13.4. The van der Waals surface area contributed by atoms with Gasteiger partial charge in [-0.3, -0.25) is 0 Å². The first-order valence-electron chi connectivity index (χ1n) is 21.3. The van der Waals surface area contributed by atoms with Crippen molar-refractivity contribution in [1.29, 1.82) is 0 Å². The van der Waals surface area contributed by atoms with Crippen molar-refractivity contribution < 1.29 is 8.83 Å². The van der Waals surface area contributed by atoms with Crippen LogP contribution in [0.3, 0.4) is 0 Å². The van der Waals surface area contributed by atoms with Gasteiger partial charge in [0.2, 0.25) is 0 Å². The van der Waals surface area contributed by atoms with E-state index in [4.69, 9.17) is 23.8 Å². The average molecular weight is 804 g/mol. The molecule has 9 aromatic carbocycles. The molecule has 0 N–H and O–H groups in total. The van der Waals surface area contributed by atoms with Gasteiger partial charge in [-0.2, -0.15) is 0 Å². The number of nitrogens with zero attached hydrogens (tertiary/aromatic N) is 3. The molecule has 0 fully saturated rings. The first-order valence-corrected chi connectivity index (χ1v) is 21.3. The van der Waals surface area contributed by atoms with Gasteiger partial charge in [-0.15, -0.1) is 0 Å². The summed E-state index contributed by atoms with van der Waals surface area (Å²) in [7, 11) is 0. The van der Waals surface area contributed by atoms with Crippen LogP contribution < -0.4 is 0 Å². The number of hydrogen-bond acceptors (Lipinski definition) is 5. The third-order valence-electron chi connectivity index (χ3n) is 13.4. The highest BCUT2D eigenvalue weighted by atomic mass is 16.3. The molecule has 12 aromatic rings. The van der Waals surface area contributed by atoms with Crippen LogP contribution in [0.2, 0.25) is 0 Å². The number of furan rings is 2. The molecule has 63 heavy (non-hydrogen) atoms. The van der Waals surface area contributed by atoms with Crippen molar-refractivity contribution in [2.45, 2.75) is 5.41 Å². The van der Waals surface area contributed by atoms with E-state index in [1.807, 2.05) is 48.5 Å². The molecule has 0 unspecified atom stereocenters. The summed E-state index contributed by atoms with van der Waals surface area (Å²) in [5, 5.41) is 4.11. The lowest BCUT2D eigenvalue weighted by Crippen LogP contribution is -2.29. The van der Waals surface area contributed by atoms with Gasteiger partial charge < -0.3 is 8.83 Å². The number of aromatic nitrogens is 3. The molecule has 2 aliphatic carbocycles. The van der Waals surface area contributed by atoms with Crippen molar-refractivity contribution >= 4 is 43.9 Å². The van der Waals surface area contributed by atoms with E-state index < -0.39 is 5.41 Å². The molecule has 292 valence electrons. The Hall–Kier alpha value is -8.41. The second-order valence-electron chi connectivity index (χ2n) is 16.6. The van der Waals surface area contributed by atoms with Crippen LogP contribution in [0.4, 0.5) is 0 Å². The molecule has 3 heterocycles. The van der Waals surface area contributed by atoms with Crippen LogP contribution in [0.5, 0.6) is 0 Å². The van der Waals surface area contributed by atoms with Crippen molar-refractivity contribution in [2.75, 3.05) is 0 Å². The Morgan fingerprint density at radius 2 is 0.730 bits per heavy atom. The van der Waals surface area contributed by atoms with Crippen LogP contribution in [-0.2, 0) is 5.41 Å². The highest BCUT2D eigenvalue weighted by Gasteiger charge is 2.49. The van der Waals surface area contributed by atoms with E-state index in [1.165, 1.54) is 50.1 Å². The van der Waals surface area contributed by atoms with Crippen molar-refractivity contribution in [3.05, 3.63) is 222 Å². The average Bonchev–Trinajstić information content (AvgIpc) is 4.00. The predicted molar refractivity (Wildman–Crippen MR) is 252 cm³/mol. The van der Waals surface area contributed by atoms with Crippen molar-refractivity contribution in [3.8, 4) is 67.5 Å². The Morgan fingerprint density at radius 1 is 0.286 bits per heavy atom. The predicted octanol–water partition coefficient (Wildman–Crippen LogP) is 14.7. The van der Waals surface area contributed by atoms with E-state index in [0.29, 0.717) is 17.5 Å². The first kappa shape index (κ1) is 34.3. The molecule has 0 aliphatic heterocycles. The Kier molecular flexibility index (Phi) is 6.97. The minimum Gasteiger partial charge on any atom is -0.456 e. The highest BCUT2D eigenvalue weighted by molar-refractivity contribution is 6.12. The van der Waals surface area contributed by atoms with Gasteiger partial charge in [-0.25, -0.2) is 15.0 Å². The summed E-state index contributed by atoms with van der Waals surface area (Å²) in [6.45, 7) is 0. The van der Waals surface area contributed by atoms with E-state index in [9.17, 15) is 0 Å². The zero-order valence-electron chi connectivity index (χ0n) is 33.7. The summed E-state index contributed by atoms with van der Waals surface area (Å²) in [6.07, 6.45) is 0. The van der Waals surface area contributed by atoms with Gasteiger partial charge in [-0.1, -0.05) is 164 Å². The molecule has 14 rings (SSSR count). The number of rotatable bonds is 3. The van der Waals surface area contributed by atoms with E-state index in [-0.39, 0.29) is 0 Å². The maximum Gasteiger partial charge on any atom is 0.164 e. The summed E-state index contributed by atoms with van der Waals surface area (Å²) in [4.78, 5) is 16.0. The van der Waals surface area contributed by atoms with Gasteiger partial charge >= 0.3 is 0 Å². The monoisotopic (exact) mass is 803 g/mol. The van der Waals surface area contributed by atoms with Crippen LogP contribution in [0.25, 0.3) is 111 Å². The molecule has 0 saturated heterocycles. The standard InChI is InChI=1S/C58H33N3O2/c1-2-15-37-36(14-1)38-16-3-8-22-46(38)58(47-23-9-4-17-39(47)40-18-5-10-24-48(40)58)49-31-29-34(32-45(37)49)55-59-56(35-28-30-42-41-19-6-11-25-50(41)63-53(42)33-35)61-57(60-55)44-21-13-27-52-54(44)43-20-7-12-26-51(43)62-52/h1-33H. The van der Waals surface area contributed by atoms with E-state index >= 15 is 0 Å². The van der Waals surface area contributed by atoms with Crippen LogP contribution in [0.1, 0.15) is 22.3 Å². The smallest absolute Gasteiger partial charge is 0.164 e. The molecular formula is C58H33N3O2. The van der Waals surface area contributed by atoms with E-state index in [0.717, 1.165) is 66.1 Å². The van der Waals surface area contributed by atoms with Crippen molar-refractivity contribution in [1.82, 2.24) is 15.0 Å². The Balaban J connectivity index is 1.05. The minimum absolute atomic E-state index is 0.556. The topological polar surface area (TPSA) is 65.0 Å². The summed E-state index contributed by atoms with van der Waals surface area (Å²) in [5.74, 6) is 1.70. The van der Waals surface area contributed by atoms with Crippen molar-refractivity contribution in [2.24, 2.45) is 0 Å². The molecule has 0 amide bonds. The molecule has 5 heteroatoms. The summed E-state index contributed by atoms with van der Waals surface area (Å²) in [5.41, 5.74) is 17.6. The second-order valence-corrected chi connectivity index (χ2v) is 16.6. The lowest BCUT2D eigenvalue weighted by molar-refractivity contribution is 0.668. The molecule has 0 radical (unpaired) electrons. The number of benzene rings is 9. The fraction of sp³-hybridized carbons (Fsp3) is 0.0172. The van der Waals surface area contributed by atoms with Gasteiger partial charge in [0.15, 0.2) is 17.5 Å². The second kappa shape index (κ2) is 12.8. The fourth-order valence-electron chi connectivity index (χ4n) is 10.8. The normalized spacial score (nSPS) is 13.2. The number of fused-ring (bicyclic) bond motifs is 18. The van der Waals surface area contributed by atoms with Gasteiger partial charge in [0.25, 0.3) is 0 Å². The van der Waals surface area contributed by atoms with Crippen LogP contribution in [0.15, 0.2) is 209 Å². The van der Waals surface area contributed by atoms with Gasteiger partial charge in [-0.05, 0) is 92.0 Å². The van der Waals surface area contributed by atoms with E-state index in [2.05, 4.69) is 152 Å². The zero-order chi connectivity index (χ0) is 41.2. The lowest BCUT2D eigenvalue weighted by atomic mass is 9.66. The molecule has 0 saturated carbocycles. The maximum absolute atomic E-state index is 6.39. The maximum atomic E-state index is 6.39. The number of hydrogen-bond donors (Lipinski definition) is 0. The lowest BCUT2D eigenvalue weighted by Gasteiger charge is -2.35. The molecule has 5 nitrogen and oxygen atoms in total. The minimum atomic E-state index is -0.577. The zero-order valence-corrected chi connectivity index (χ0v) is 33.7. The first-order chi connectivity index (χ1) is 31.2. The van der Waals surface area contributed by atoms with Crippen molar-refractivity contribution in [3.63, 3.8) is 0 Å². The number of para-hydroxylation sites is 2. The van der Waals surface area contributed by atoms with Crippen LogP contribution >= 0.6 is 0 Å². The molecule has 0 atom stereocenters. The largest absolute Gasteiger partial charge is 0.456 e. The molecule has 3 aromatic heterocycles. The summed E-state index contributed by atoms with van der Waals surface area (Å²) < 4.78 is 12.8. The Labute approximate surface area is 361 Å². The van der Waals surface area contributed by atoms with Crippen LogP contribution in [-0.4, -0.2) is 15.0 Å². The molecule has 0 bridgehead atoms. The quantitative estimate of drug-likeness (QED) is 0.178. The van der Waals surface area contributed by atoms with Gasteiger partial charge in [0.05, 0.1) is 5.41 Å². The Morgan fingerprint density at radius 3 is 1.43 bits per heavy atom. The van der Waals surface area contributed by atoms with Gasteiger partial charge in [0.1, 0.15) is 22.3 Å². The summed E-state index contributed by atoms with van der Waals surface area (Å²) >= 11 is 0. The van der Waals surface area contributed by atoms with Crippen LogP contribution in [0, 0.1) is 0 Å². The van der Waals surface area contributed by atoms with Gasteiger partial charge in [0, 0.05) is 38.2 Å².